The molecule has 1 amide bonds. The van der Waals surface area contributed by atoms with E-state index < -0.39 is 15.9 Å². The molecule has 0 saturated heterocycles. The van der Waals surface area contributed by atoms with Crippen LogP contribution in [0.2, 0.25) is 0 Å². The van der Waals surface area contributed by atoms with Gasteiger partial charge in [-0.3, -0.25) is 4.79 Å². The fourth-order valence-corrected chi connectivity index (χ4v) is 2.32. The maximum absolute atomic E-state index is 11.8. The fourth-order valence-electron chi connectivity index (χ4n) is 1.31. The number of rotatable bonds is 8. The normalized spacial score (nSPS) is 11.4. The van der Waals surface area contributed by atoms with Crippen LogP contribution < -0.4 is 16.2 Å². The van der Waals surface area contributed by atoms with Crippen molar-refractivity contribution in [3.05, 3.63) is 29.8 Å². The van der Waals surface area contributed by atoms with E-state index in [-0.39, 0.29) is 24.7 Å². The predicted octanol–water partition coefficient (Wildman–Crippen LogP) is -1.07. The third-order valence-corrected chi connectivity index (χ3v) is 3.73. The molecule has 0 aliphatic carbocycles. The zero-order chi connectivity index (χ0) is 14.3. The molecular formula is C11H17N3O4S. The smallest absolute Gasteiger partial charge is 0.243 e. The Bertz CT molecular complexity index is 513. The number of primary amides is 1. The highest BCUT2D eigenvalue weighted by molar-refractivity contribution is 7.89. The van der Waals surface area contributed by atoms with E-state index in [1.54, 1.807) is 12.1 Å². The summed E-state index contributed by atoms with van der Waals surface area (Å²) in [6.07, 6.45) is 0. The van der Waals surface area contributed by atoms with Gasteiger partial charge in [-0.25, -0.2) is 13.1 Å². The van der Waals surface area contributed by atoms with Crippen LogP contribution in [-0.4, -0.2) is 34.1 Å². The molecule has 0 fully saturated rings. The third kappa shape index (κ3) is 5.35. The molecule has 1 aromatic carbocycles. The van der Waals surface area contributed by atoms with Gasteiger partial charge in [0.15, 0.2) is 0 Å². The summed E-state index contributed by atoms with van der Waals surface area (Å²) in [5, 5.41) is 0. The molecule has 0 bridgehead atoms. The Balaban J connectivity index is 2.48. The standard InChI is InChI=1S/C11H17N3O4S/c12-7-9-1-3-10(4-2-9)19(16,17)14-5-6-18-8-11(13)15/h1-4,14H,5-8,12H2,(H2,13,15). The molecule has 0 unspecified atom stereocenters. The molecule has 0 radical (unpaired) electrons. The number of nitrogens with two attached hydrogens (primary N) is 2. The number of nitrogens with one attached hydrogen (secondary N) is 1. The minimum Gasteiger partial charge on any atom is -0.370 e. The number of sulfonamides is 1. The van der Waals surface area contributed by atoms with Crippen LogP contribution >= 0.6 is 0 Å². The van der Waals surface area contributed by atoms with Crippen molar-refractivity contribution in [1.82, 2.24) is 4.72 Å². The van der Waals surface area contributed by atoms with Crippen molar-refractivity contribution in [2.45, 2.75) is 11.4 Å². The van der Waals surface area contributed by atoms with E-state index in [0.29, 0.717) is 6.54 Å². The highest BCUT2D eigenvalue weighted by Gasteiger charge is 2.12. The Morgan fingerprint density at radius 1 is 1.26 bits per heavy atom. The maximum Gasteiger partial charge on any atom is 0.243 e. The van der Waals surface area contributed by atoms with Crippen LogP contribution in [0.15, 0.2) is 29.2 Å². The average molecular weight is 287 g/mol. The summed E-state index contributed by atoms with van der Waals surface area (Å²) in [6.45, 7) is 0.263. The first-order valence-corrected chi connectivity index (χ1v) is 7.09. The average Bonchev–Trinajstić information content (AvgIpc) is 2.38. The van der Waals surface area contributed by atoms with Gasteiger partial charge in [-0.05, 0) is 17.7 Å². The zero-order valence-corrected chi connectivity index (χ0v) is 11.2. The van der Waals surface area contributed by atoms with E-state index in [1.165, 1.54) is 12.1 Å². The quantitative estimate of drug-likeness (QED) is 0.525. The molecule has 19 heavy (non-hydrogen) atoms. The first-order valence-electron chi connectivity index (χ1n) is 5.60. The number of hydrogen-bond acceptors (Lipinski definition) is 5. The van der Waals surface area contributed by atoms with Crippen molar-refractivity contribution >= 4 is 15.9 Å². The monoisotopic (exact) mass is 287 g/mol. The van der Waals surface area contributed by atoms with Gasteiger partial charge in [-0.2, -0.15) is 0 Å². The summed E-state index contributed by atoms with van der Waals surface area (Å²) < 4.78 is 30.9. The van der Waals surface area contributed by atoms with E-state index in [4.69, 9.17) is 16.2 Å². The van der Waals surface area contributed by atoms with Crippen molar-refractivity contribution in [3.8, 4) is 0 Å². The van der Waals surface area contributed by atoms with Gasteiger partial charge in [0, 0.05) is 13.1 Å². The zero-order valence-electron chi connectivity index (χ0n) is 10.3. The van der Waals surface area contributed by atoms with Crippen LogP contribution in [0.4, 0.5) is 0 Å². The summed E-state index contributed by atoms with van der Waals surface area (Å²) in [5.74, 6) is -0.597. The second-order valence-corrected chi connectivity index (χ2v) is 5.53. The Labute approximate surface area is 112 Å². The van der Waals surface area contributed by atoms with Gasteiger partial charge < -0.3 is 16.2 Å². The molecule has 0 aromatic heterocycles. The second-order valence-electron chi connectivity index (χ2n) is 3.76. The van der Waals surface area contributed by atoms with E-state index in [2.05, 4.69) is 4.72 Å². The molecule has 0 saturated carbocycles. The lowest BCUT2D eigenvalue weighted by Crippen LogP contribution is -2.29. The van der Waals surface area contributed by atoms with Crippen molar-refractivity contribution in [2.24, 2.45) is 11.5 Å². The number of carbonyl (C=O) groups is 1. The van der Waals surface area contributed by atoms with E-state index in [0.717, 1.165) is 5.56 Å². The molecule has 7 nitrogen and oxygen atoms in total. The Kier molecular flexibility index (Phi) is 5.90. The Morgan fingerprint density at radius 3 is 2.42 bits per heavy atom. The highest BCUT2D eigenvalue weighted by atomic mass is 32.2. The largest absolute Gasteiger partial charge is 0.370 e. The van der Waals surface area contributed by atoms with Crippen LogP contribution in [0.3, 0.4) is 0 Å². The van der Waals surface area contributed by atoms with E-state index >= 15 is 0 Å². The lowest BCUT2D eigenvalue weighted by atomic mass is 10.2. The van der Waals surface area contributed by atoms with Crippen LogP contribution in [0, 0.1) is 0 Å². The minimum absolute atomic E-state index is 0.0637. The third-order valence-electron chi connectivity index (χ3n) is 2.25. The summed E-state index contributed by atoms with van der Waals surface area (Å²) >= 11 is 0. The van der Waals surface area contributed by atoms with Crippen LogP contribution in [0.5, 0.6) is 0 Å². The lowest BCUT2D eigenvalue weighted by molar-refractivity contribution is -0.122. The van der Waals surface area contributed by atoms with Crippen molar-refractivity contribution in [2.75, 3.05) is 19.8 Å². The Hall–Kier alpha value is -1.48. The molecule has 1 aromatic rings. The van der Waals surface area contributed by atoms with E-state index in [1.807, 2.05) is 0 Å². The van der Waals surface area contributed by atoms with Crippen molar-refractivity contribution in [1.29, 1.82) is 0 Å². The molecule has 1 rings (SSSR count). The predicted molar refractivity (Wildman–Crippen MR) is 69.5 cm³/mol. The van der Waals surface area contributed by atoms with Crippen LogP contribution in [0.25, 0.3) is 0 Å². The minimum atomic E-state index is -3.57. The molecule has 106 valence electrons. The molecular weight excluding hydrogens is 270 g/mol. The molecule has 8 heteroatoms. The van der Waals surface area contributed by atoms with Crippen molar-refractivity contribution in [3.63, 3.8) is 0 Å². The van der Waals surface area contributed by atoms with Crippen LogP contribution in [0.1, 0.15) is 5.56 Å². The summed E-state index contributed by atoms with van der Waals surface area (Å²) in [6, 6.07) is 6.26. The first-order chi connectivity index (χ1) is 8.95. The molecule has 0 atom stereocenters. The summed E-state index contributed by atoms with van der Waals surface area (Å²) in [4.78, 5) is 10.5. The van der Waals surface area contributed by atoms with Crippen molar-refractivity contribution < 1.29 is 17.9 Å². The van der Waals surface area contributed by atoms with Gasteiger partial charge in [0.05, 0.1) is 11.5 Å². The molecule has 0 heterocycles. The maximum atomic E-state index is 11.8. The highest BCUT2D eigenvalue weighted by Crippen LogP contribution is 2.09. The van der Waals surface area contributed by atoms with Gasteiger partial charge in [0.1, 0.15) is 6.61 Å². The molecule has 0 spiro atoms. The topological polar surface area (TPSA) is 125 Å². The lowest BCUT2D eigenvalue weighted by Gasteiger charge is -2.07. The molecule has 0 aliphatic rings. The van der Waals surface area contributed by atoms with Gasteiger partial charge in [-0.1, -0.05) is 12.1 Å². The Morgan fingerprint density at radius 2 is 1.89 bits per heavy atom. The van der Waals surface area contributed by atoms with E-state index in [9.17, 15) is 13.2 Å². The van der Waals surface area contributed by atoms with Gasteiger partial charge in [-0.15, -0.1) is 0 Å². The van der Waals surface area contributed by atoms with Gasteiger partial charge in [0.2, 0.25) is 15.9 Å². The fraction of sp³-hybridized carbons (Fsp3) is 0.364. The SMILES string of the molecule is NCc1ccc(S(=O)(=O)NCCOCC(N)=O)cc1. The second kappa shape index (κ2) is 7.19. The summed E-state index contributed by atoms with van der Waals surface area (Å²) in [7, 11) is -3.57. The van der Waals surface area contributed by atoms with Gasteiger partial charge in [0.25, 0.3) is 0 Å². The number of benzene rings is 1. The number of amides is 1. The van der Waals surface area contributed by atoms with Gasteiger partial charge >= 0.3 is 0 Å². The first kappa shape index (κ1) is 15.6. The number of carbonyl (C=O) groups excluding carboxylic acids is 1. The van der Waals surface area contributed by atoms with Crippen LogP contribution in [-0.2, 0) is 26.1 Å². The summed E-state index contributed by atoms with van der Waals surface area (Å²) in [5.41, 5.74) is 11.1. The number of hydrogen-bond donors (Lipinski definition) is 3. The number of ether oxygens (including phenoxy) is 1. The molecule has 0 aliphatic heterocycles. The molecule has 5 N–H and O–H groups in total.